The number of hydrogen-bond donors (Lipinski definition) is 2. The molecule has 0 spiro atoms. The van der Waals surface area contributed by atoms with E-state index in [1.165, 1.54) is 12.1 Å². The van der Waals surface area contributed by atoms with E-state index < -0.39 is 17.9 Å². The van der Waals surface area contributed by atoms with Crippen LogP contribution in [0.5, 0.6) is 0 Å². The largest absolute Gasteiger partial charge is 0.476 e. The summed E-state index contributed by atoms with van der Waals surface area (Å²) in [4.78, 5) is 26.3. The second-order valence-electron chi connectivity index (χ2n) is 8.27. The van der Waals surface area contributed by atoms with Crippen LogP contribution in [0, 0.1) is 18.3 Å². The number of carbonyl (C=O) groups is 1. The fraction of sp³-hybridized carbons (Fsp3) is 0.348. The number of fused-ring (bicyclic) bond motifs is 1. The van der Waals surface area contributed by atoms with E-state index in [9.17, 15) is 23.9 Å². The molecule has 34 heavy (non-hydrogen) atoms. The number of aromatic nitrogens is 3. The average molecular weight is 487 g/mol. The summed E-state index contributed by atoms with van der Waals surface area (Å²) >= 11 is 5.85. The van der Waals surface area contributed by atoms with E-state index >= 15 is 0 Å². The number of pyridine rings is 1. The minimum atomic E-state index is -2.73. The van der Waals surface area contributed by atoms with Crippen molar-refractivity contribution in [2.45, 2.75) is 38.7 Å². The van der Waals surface area contributed by atoms with E-state index in [0.717, 1.165) is 5.56 Å². The van der Waals surface area contributed by atoms with Gasteiger partial charge in [-0.2, -0.15) is 5.26 Å². The maximum atomic E-state index is 13.7. The van der Waals surface area contributed by atoms with E-state index in [1.807, 2.05) is 26.0 Å². The molecule has 4 rings (SSSR count). The molecule has 0 radical (unpaired) electrons. The predicted octanol–water partition coefficient (Wildman–Crippen LogP) is 4.97. The second-order valence-corrected chi connectivity index (χ2v) is 8.66. The number of alkyl halides is 2. The van der Waals surface area contributed by atoms with Crippen LogP contribution in [0.25, 0.3) is 11.0 Å². The Morgan fingerprint density at radius 2 is 1.97 bits per heavy atom. The number of nitrogens with zero attached hydrogens (tertiary/aromatic N) is 5. The number of anilines is 2. The van der Waals surface area contributed by atoms with E-state index in [-0.39, 0.29) is 54.0 Å². The lowest BCUT2D eigenvalue weighted by Crippen LogP contribution is -2.40. The molecule has 2 aromatic heterocycles. The molecule has 1 aromatic carbocycles. The van der Waals surface area contributed by atoms with Gasteiger partial charge in [0.1, 0.15) is 11.2 Å². The Bertz CT molecular complexity index is 1320. The fourth-order valence-corrected chi connectivity index (χ4v) is 4.17. The Labute approximate surface area is 199 Å². The van der Waals surface area contributed by atoms with Gasteiger partial charge in [-0.3, -0.25) is 0 Å². The van der Waals surface area contributed by atoms with Crippen molar-refractivity contribution < 1.29 is 18.7 Å². The Morgan fingerprint density at radius 3 is 2.62 bits per heavy atom. The van der Waals surface area contributed by atoms with Gasteiger partial charge in [0, 0.05) is 31.5 Å². The summed E-state index contributed by atoms with van der Waals surface area (Å²) in [6, 6.07) is 8.31. The van der Waals surface area contributed by atoms with Gasteiger partial charge in [0.25, 0.3) is 5.92 Å². The standard InChI is InChI=1S/C23H21ClF2N6O2/c1-12-9-14(13(2)28-15-3-4-18(24)30-20(15)22(33)34)19-16(10-12)29-17(11-27)21(31-19)32-7-5-23(25,26)6-8-32/h3-4,9-10,13,28H,5-8H2,1-2H3,(H,33,34). The molecule has 0 amide bonds. The van der Waals surface area contributed by atoms with Crippen molar-refractivity contribution in [3.63, 3.8) is 0 Å². The van der Waals surface area contributed by atoms with Crippen LogP contribution in [0.1, 0.15) is 53.1 Å². The molecule has 0 aliphatic carbocycles. The fourth-order valence-electron chi connectivity index (χ4n) is 4.02. The average Bonchev–Trinajstić information content (AvgIpc) is 2.78. The van der Waals surface area contributed by atoms with Gasteiger partial charge in [-0.15, -0.1) is 0 Å². The Hall–Kier alpha value is -3.58. The summed E-state index contributed by atoms with van der Waals surface area (Å²) in [7, 11) is 0. The van der Waals surface area contributed by atoms with Gasteiger partial charge in [0.15, 0.2) is 17.2 Å². The van der Waals surface area contributed by atoms with Crippen LogP contribution in [0.3, 0.4) is 0 Å². The van der Waals surface area contributed by atoms with Crippen molar-refractivity contribution in [2.24, 2.45) is 0 Å². The van der Waals surface area contributed by atoms with Gasteiger partial charge in [-0.05, 0) is 37.6 Å². The third kappa shape index (κ3) is 4.70. The van der Waals surface area contributed by atoms with Crippen molar-refractivity contribution in [3.05, 3.63) is 51.9 Å². The molecule has 3 aromatic rings. The third-order valence-corrected chi connectivity index (χ3v) is 5.94. The summed E-state index contributed by atoms with van der Waals surface area (Å²) in [6.07, 6.45) is -0.643. The first-order valence-electron chi connectivity index (χ1n) is 10.6. The molecule has 3 heterocycles. The number of aromatic carboxylic acids is 1. The van der Waals surface area contributed by atoms with E-state index in [1.54, 1.807) is 11.0 Å². The van der Waals surface area contributed by atoms with Crippen LogP contribution in [0.4, 0.5) is 20.3 Å². The molecule has 1 aliphatic rings. The number of carboxylic acids is 1. The van der Waals surface area contributed by atoms with Crippen molar-refractivity contribution in [1.29, 1.82) is 5.26 Å². The highest BCUT2D eigenvalue weighted by molar-refractivity contribution is 6.29. The molecule has 0 bridgehead atoms. The highest BCUT2D eigenvalue weighted by Gasteiger charge is 2.35. The number of hydrogen-bond acceptors (Lipinski definition) is 7. The summed E-state index contributed by atoms with van der Waals surface area (Å²) < 4.78 is 27.3. The maximum Gasteiger partial charge on any atom is 0.356 e. The SMILES string of the molecule is Cc1cc(C(C)Nc2ccc(Cl)nc2C(=O)O)c2nc(N3CCC(F)(F)CC3)c(C#N)nc2c1. The van der Waals surface area contributed by atoms with E-state index in [2.05, 4.69) is 15.3 Å². The van der Waals surface area contributed by atoms with E-state index in [4.69, 9.17) is 16.6 Å². The second kappa shape index (κ2) is 8.99. The van der Waals surface area contributed by atoms with Crippen LogP contribution in [-0.4, -0.2) is 45.0 Å². The topological polar surface area (TPSA) is 115 Å². The number of nitriles is 1. The van der Waals surface area contributed by atoms with Crippen LogP contribution < -0.4 is 10.2 Å². The number of benzene rings is 1. The Balaban J connectivity index is 1.77. The Morgan fingerprint density at radius 1 is 1.26 bits per heavy atom. The van der Waals surface area contributed by atoms with Crippen LogP contribution in [0.2, 0.25) is 5.15 Å². The van der Waals surface area contributed by atoms with Crippen molar-refractivity contribution in [3.8, 4) is 6.07 Å². The molecule has 176 valence electrons. The number of aryl methyl sites for hydroxylation is 1. The molecular formula is C23H21ClF2N6O2. The van der Waals surface area contributed by atoms with Crippen LogP contribution in [-0.2, 0) is 0 Å². The molecule has 2 N–H and O–H groups in total. The lowest BCUT2D eigenvalue weighted by Gasteiger charge is -2.33. The summed E-state index contributed by atoms with van der Waals surface area (Å²) in [5, 5.41) is 22.3. The van der Waals surface area contributed by atoms with Gasteiger partial charge >= 0.3 is 5.97 Å². The van der Waals surface area contributed by atoms with Crippen LogP contribution in [0.15, 0.2) is 24.3 Å². The highest BCUT2D eigenvalue weighted by atomic mass is 35.5. The molecule has 1 saturated heterocycles. The first-order valence-corrected chi connectivity index (χ1v) is 11.0. The third-order valence-electron chi connectivity index (χ3n) is 5.73. The zero-order valence-electron chi connectivity index (χ0n) is 18.4. The van der Waals surface area contributed by atoms with Gasteiger partial charge in [0.05, 0.1) is 22.8 Å². The van der Waals surface area contributed by atoms with Gasteiger partial charge in [0.2, 0.25) is 0 Å². The lowest BCUT2D eigenvalue weighted by molar-refractivity contribution is -0.0221. The van der Waals surface area contributed by atoms with E-state index in [0.29, 0.717) is 16.6 Å². The van der Waals surface area contributed by atoms with Gasteiger partial charge in [-0.1, -0.05) is 17.7 Å². The predicted molar refractivity (Wildman–Crippen MR) is 124 cm³/mol. The minimum Gasteiger partial charge on any atom is -0.476 e. The molecule has 1 atom stereocenters. The van der Waals surface area contributed by atoms with Crippen molar-refractivity contribution >= 4 is 40.1 Å². The first kappa shape index (κ1) is 23.6. The lowest BCUT2D eigenvalue weighted by atomic mass is 10.0. The molecule has 0 saturated carbocycles. The molecule has 1 unspecified atom stereocenters. The Kier molecular flexibility index (Phi) is 6.23. The van der Waals surface area contributed by atoms with Gasteiger partial charge < -0.3 is 15.3 Å². The molecule has 1 fully saturated rings. The number of nitrogens with one attached hydrogen (secondary N) is 1. The summed E-state index contributed by atoms with van der Waals surface area (Å²) in [5.74, 6) is -3.70. The number of halogens is 3. The molecular weight excluding hydrogens is 466 g/mol. The molecule has 1 aliphatic heterocycles. The molecule has 8 nitrogen and oxygen atoms in total. The highest BCUT2D eigenvalue weighted by Crippen LogP contribution is 2.33. The zero-order valence-corrected chi connectivity index (χ0v) is 19.2. The van der Waals surface area contributed by atoms with Crippen molar-refractivity contribution in [2.75, 3.05) is 23.3 Å². The molecule has 11 heteroatoms. The normalized spacial score (nSPS) is 16.2. The maximum absolute atomic E-state index is 13.7. The number of piperidine rings is 1. The van der Waals surface area contributed by atoms with Crippen LogP contribution >= 0.6 is 11.6 Å². The first-order chi connectivity index (χ1) is 16.1. The monoisotopic (exact) mass is 486 g/mol. The quantitative estimate of drug-likeness (QED) is 0.486. The minimum absolute atomic E-state index is 0.0586. The van der Waals surface area contributed by atoms with Gasteiger partial charge in [-0.25, -0.2) is 28.5 Å². The van der Waals surface area contributed by atoms with Crippen molar-refractivity contribution in [1.82, 2.24) is 15.0 Å². The summed E-state index contributed by atoms with van der Waals surface area (Å²) in [6.45, 7) is 3.83. The number of rotatable bonds is 5. The smallest absolute Gasteiger partial charge is 0.356 e. The summed E-state index contributed by atoms with van der Waals surface area (Å²) in [5.41, 5.74) is 2.69. The zero-order chi connectivity index (χ0) is 24.6. The number of carboxylic acid groups (broad SMARTS) is 1.